The van der Waals surface area contributed by atoms with Crippen LogP contribution in [0.2, 0.25) is 5.02 Å². The first-order chi connectivity index (χ1) is 12.1. The Bertz CT molecular complexity index is 810. The van der Waals surface area contributed by atoms with Crippen molar-refractivity contribution in [1.29, 1.82) is 0 Å². The molecule has 0 unspecified atom stereocenters. The predicted octanol–water partition coefficient (Wildman–Crippen LogP) is 6.41. The van der Waals surface area contributed by atoms with Crippen molar-refractivity contribution in [2.45, 2.75) is 20.0 Å². The summed E-state index contributed by atoms with van der Waals surface area (Å²) in [6.45, 7) is 4.53. The fraction of sp³-hybridized carbons (Fsp3) is 0.278. The molecular weight excluding hydrogens is 435 g/mol. The van der Waals surface area contributed by atoms with Gasteiger partial charge in [0.2, 0.25) is 0 Å². The highest BCUT2D eigenvalue weighted by Gasteiger charge is 2.31. The van der Waals surface area contributed by atoms with Crippen molar-refractivity contribution >= 4 is 39.1 Å². The van der Waals surface area contributed by atoms with E-state index in [2.05, 4.69) is 21.2 Å². The van der Waals surface area contributed by atoms with Gasteiger partial charge in [-0.25, -0.2) is 0 Å². The maximum absolute atomic E-state index is 12.8. The molecule has 0 fully saturated rings. The molecule has 0 saturated carbocycles. The second-order valence-electron chi connectivity index (χ2n) is 6.00. The van der Waals surface area contributed by atoms with Crippen molar-refractivity contribution in [3.8, 4) is 5.75 Å². The van der Waals surface area contributed by atoms with E-state index in [-0.39, 0.29) is 16.3 Å². The van der Waals surface area contributed by atoms with E-state index in [1.807, 2.05) is 13.8 Å². The Labute approximate surface area is 162 Å². The van der Waals surface area contributed by atoms with Gasteiger partial charge in [0, 0.05) is 5.56 Å². The fourth-order valence-electron chi connectivity index (χ4n) is 2.01. The monoisotopic (exact) mass is 449 g/mol. The summed E-state index contributed by atoms with van der Waals surface area (Å²) in [5.74, 6) is 0.336. The molecule has 2 rings (SSSR count). The van der Waals surface area contributed by atoms with Crippen LogP contribution in [0.4, 0.5) is 18.9 Å². The van der Waals surface area contributed by atoms with Gasteiger partial charge in [0.25, 0.3) is 5.91 Å². The van der Waals surface area contributed by atoms with Crippen molar-refractivity contribution < 1.29 is 22.7 Å². The lowest BCUT2D eigenvalue weighted by Crippen LogP contribution is -2.14. The standard InChI is InChI=1S/C18H16BrClF3NO2/c1-10(2)9-26-16-6-3-11(7-13(16)19)17(25)24-15-8-12(18(21,22)23)4-5-14(15)20/h3-8,10H,9H2,1-2H3,(H,24,25). The van der Waals surface area contributed by atoms with Crippen molar-refractivity contribution in [1.82, 2.24) is 0 Å². The van der Waals surface area contributed by atoms with Gasteiger partial charge in [-0.2, -0.15) is 13.2 Å². The van der Waals surface area contributed by atoms with Gasteiger partial charge in [-0.05, 0) is 58.2 Å². The second-order valence-corrected chi connectivity index (χ2v) is 7.26. The lowest BCUT2D eigenvalue weighted by atomic mass is 10.1. The van der Waals surface area contributed by atoms with Gasteiger partial charge >= 0.3 is 6.18 Å². The Kier molecular flexibility index (Phi) is 6.58. The number of carbonyl (C=O) groups is 1. The Morgan fingerprint density at radius 3 is 2.50 bits per heavy atom. The average molecular weight is 451 g/mol. The maximum atomic E-state index is 12.8. The first kappa shape index (κ1) is 20.6. The number of halogens is 5. The first-order valence-electron chi connectivity index (χ1n) is 7.68. The molecule has 0 saturated heterocycles. The highest BCUT2D eigenvalue weighted by Crippen LogP contribution is 2.34. The lowest BCUT2D eigenvalue weighted by molar-refractivity contribution is -0.137. The van der Waals surface area contributed by atoms with Crippen LogP contribution in [-0.2, 0) is 6.18 Å². The number of ether oxygens (including phenoxy) is 1. The number of carbonyl (C=O) groups excluding carboxylic acids is 1. The summed E-state index contributed by atoms with van der Waals surface area (Å²) < 4.78 is 44.6. The predicted molar refractivity (Wildman–Crippen MR) is 98.9 cm³/mol. The van der Waals surface area contributed by atoms with E-state index in [0.717, 1.165) is 18.2 Å². The van der Waals surface area contributed by atoms with Crippen LogP contribution in [0, 0.1) is 5.92 Å². The molecule has 1 N–H and O–H groups in total. The van der Waals surface area contributed by atoms with Gasteiger partial charge < -0.3 is 10.1 Å². The number of alkyl halides is 3. The Balaban J connectivity index is 2.19. The molecule has 2 aromatic carbocycles. The van der Waals surface area contributed by atoms with Crippen LogP contribution in [0.15, 0.2) is 40.9 Å². The number of amides is 1. The molecule has 140 valence electrons. The number of nitrogens with one attached hydrogen (secondary N) is 1. The molecule has 3 nitrogen and oxygen atoms in total. The molecular formula is C18H16BrClF3NO2. The number of benzene rings is 2. The molecule has 0 atom stereocenters. The van der Waals surface area contributed by atoms with Gasteiger partial charge in [-0.15, -0.1) is 0 Å². The Morgan fingerprint density at radius 1 is 1.23 bits per heavy atom. The van der Waals surface area contributed by atoms with Crippen LogP contribution >= 0.6 is 27.5 Å². The Hall–Kier alpha value is -1.73. The zero-order valence-electron chi connectivity index (χ0n) is 14.0. The summed E-state index contributed by atoms with van der Waals surface area (Å²) in [6, 6.07) is 7.43. The van der Waals surface area contributed by atoms with Crippen LogP contribution in [0.25, 0.3) is 0 Å². The van der Waals surface area contributed by atoms with Gasteiger partial charge in [-0.1, -0.05) is 25.4 Å². The molecule has 0 aliphatic rings. The summed E-state index contributed by atoms with van der Waals surface area (Å²) in [5.41, 5.74) is -0.749. The summed E-state index contributed by atoms with van der Waals surface area (Å²) in [6.07, 6.45) is -4.53. The lowest BCUT2D eigenvalue weighted by Gasteiger charge is -2.13. The summed E-state index contributed by atoms with van der Waals surface area (Å²) >= 11 is 9.22. The van der Waals surface area contributed by atoms with Gasteiger partial charge in [0.05, 0.1) is 27.4 Å². The molecule has 8 heteroatoms. The minimum atomic E-state index is -4.53. The number of rotatable bonds is 5. The summed E-state index contributed by atoms with van der Waals surface area (Å²) in [7, 11) is 0. The van der Waals surface area contributed by atoms with E-state index in [1.54, 1.807) is 6.07 Å². The van der Waals surface area contributed by atoms with E-state index in [1.165, 1.54) is 12.1 Å². The molecule has 0 aromatic heterocycles. The zero-order valence-corrected chi connectivity index (χ0v) is 16.3. The first-order valence-corrected chi connectivity index (χ1v) is 8.85. The molecule has 0 radical (unpaired) electrons. The van der Waals surface area contributed by atoms with E-state index in [4.69, 9.17) is 16.3 Å². The minimum Gasteiger partial charge on any atom is -0.492 e. The van der Waals surface area contributed by atoms with Crippen molar-refractivity contribution in [3.05, 3.63) is 57.0 Å². The van der Waals surface area contributed by atoms with Crippen molar-refractivity contribution in [2.24, 2.45) is 5.92 Å². The van der Waals surface area contributed by atoms with Crippen LogP contribution in [0.5, 0.6) is 5.75 Å². The second kappa shape index (κ2) is 8.31. The van der Waals surface area contributed by atoms with Gasteiger partial charge in [0.15, 0.2) is 0 Å². The molecule has 2 aromatic rings. The molecule has 0 bridgehead atoms. The highest BCUT2D eigenvalue weighted by molar-refractivity contribution is 9.10. The molecule has 0 aliphatic carbocycles. The van der Waals surface area contributed by atoms with Crippen LogP contribution in [0.1, 0.15) is 29.8 Å². The van der Waals surface area contributed by atoms with Crippen LogP contribution in [-0.4, -0.2) is 12.5 Å². The summed E-state index contributed by atoms with van der Waals surface area (Å²) in [4.78, 5) is 12.3. The van der Waals surface area contributed by atoms with Crippen molar-refractivity contribution in [2.75, 3.05) is 11.9 Å². The highest BCUT2D eigenvalue weighted by atomic mass is 79.9. The Morgan fingerprint density at radius 2 is 1.92 bits per heavy atom. The van der Waals surface area contributed by atoms with Crippen molar-refractivity contribution in [3.63, 3.8) is 0 Å². The molecule has 1 amide bonds. The SMILES string of the molecule is CC(C)COc1ccc(C(=O)Nc2cc(C(F)(F)F)ccc2Cl)cc1Br. The van der Waals surface area contributed by atoms with Gasteiger partial charge in [0.1, 0.15) is 5.75 Å². The summed E-state index contributed by atoms with van der Waals surface area (Å²) in [5, 5.41) is 2.42. The molecule has 0 aliphatic heterocycles. The van der Waals surface area contributed by atoms with Crippen LogP contribution in [0.3, 0.4) is 0 Å². The van der Waals surface area contributed by atoms with E-state index < -0.39 is 17.6 Å². The number of hydrogen-bond donors (Lipinski definition) is 1. The third-order valence-corrected chi connectivity index (χ3v) is 4.26. The molecule has 26 heavy (non-hydrogen) atoms. The smallest absolute Gasteiger partial charge is 0.416 e. The molecule has 0 heterocycles. The average Bonchev–Trinajstić information content (AvgIpc) is 2.54. The third kappa shape index (κ3) is 5.38. The zero-order chi connectivity index (χ0) is 19.5. The number of hydrogen-bond acceptors (Lipinski definition) is 2. The third-order valence-electron chi connectivity index (χ3n) is 3.31. The van der Waals surface area contributed by atoms with E-state index >= 15 is 0 Å². The molecule has 0 spiro atoms. The maximum Gasteiger partial charge on any atom is 0.416 e. The van der Waals surface area contributed by atoms with Gasteiger partial charge in [-0.3, -0.25) is 4.79 Å². The van der Waals surface area contributed by atoms with E-state index in [0.29, 0.717) is 22.7 Å². The topological polar surface area (TPSA) is 38.3 Å². The fourth-order valence-corrected chi connectivity index (χ4v) is 2.67. The normalized spacial score (nSPS) is 11.5. The minimum absolute atomic E-state index is 0.0160. The van der Waals surface area contributed by atoms with Crippen LogP contribution < -0.4 is 10.1 Å². The van der Waals surface area contributed by atoms with E-state index in [9.17, 15) is 18.0 Å². The largest absolute Gasteiger partial charge is 0.492 e. The quantitative estimate of drug-likeness (QED) is 0.572. The number of anilines is 1.